The second-order valence-electron chi connectivity index (χ2n) is 13.7. The normalized spacial score (nSPS) is 13.2. The maximum Gasteiger partial charge on any atom is 0.180 e. The first kappa shape index (κ1) is 29.1. The highest BCUT2D eigenvalue weighted by Crippen LogP contribution is 2.42. The Bertz CT molecular complexity index is 2830. The Labute approximate surface area is 301 Å². The summed E-state index contributed by atoms with van der Waals surface area (Å²) in [5, 5.41) is 10.0. The fraction of sp³-hybridized carbons (Fsp3) is 0. The van der Waals surface area contributed by atoms with Crippen LogP contribution in [-0.2, 0) is 0 Å². The van der Waals surface area contributed by atoms with Crippen molar-refractivity contribution < 1.29 is 8.83 Å². The summed E-state index contributed by atoms with van der Waals surface area (Å²) >= 11 is 0. The first-order valence-corrected chi connectivity index (χ1v) is 19.8. The average Bonchev–Trinajstić information content (AvgIpc) is 3.86. The molecule has 0 atom stereocenters. The standard InChI is InChI=1S/C48H31NO2Si/c1-3-13-35(14-4-1)52(36-15-5-2-6-16-36)47-22-12-9-19-41(47)42-28-25-34(31-48(42)52)49(32-23-26-39-37-17-7-10-20-43(37)50-45(39)29-32)33-24-27-40-38-18-8-11-21-44(38)51-46(40)30-33/h1-31H. The van der Waals surface area contributed by atoms with E-state index in [0.29, 0.717) is 0 Å². The van der Waals surface area contributed by atoms with Gasteiger partial charge in [-0.25, -0.2) is 0 Å². The van der Waals surface area contributed by atoms with Gasteiger partial charge in [0, 0.05) is 50.7 Å². The molecule has 3 nitrogen and oxygen atoms in total. The van der Waals surface area contributed by atoms with Crippen molar-refractivity contribution in [1.82, 2.24) is 0 Å². The second kappa shape index (κ2) is 11.2. The number of furan rings is 2. The van der Waals surface area contributed by atoms with E-state index in [0.717, 1.165) is 60.9 Å². The minimum absolute atomic E-state index is 0.861. The Morgan fingerprint density at radius 2 is 0.769 bits per heavy atom. The van der Waals surface area contributed by atoms with Gasteiger partial charge in [-0.2, -0.15) is 0 Å². The van der Waals surface area contributed by atoms with Crippen molar-refractivity contribution in [3.8, 4) is 11.1 Å². The van der Waals surface area contributed by atoms with E-state index in [9.17, 15) is 0 Å². The van der Waals surface area contributed by atoms with Gasteiger partial charge in [-0.05, 0) is 80.4 Å². The molecule has 0 N–H and O–H groups in total. The van der Waals surface area contributed by atoms with E-state index in [1.165, 1.54) is 31.9 Å². The SMILES string of the molecule is c1ccc([Si]2(c3ccccc3)c3ccccc3-c3ccc(N(c4ccc5c(c4)oc4ccccc45)c4ccc5c(c4)oc4ccccc45)cc32)cc1. The summed E-state index contributed by atoms with van der Waals surface area (Å²) in [4.78, 5) is 2.36. The Hall–Kier alpha value is -6.62. The molecule has 1 aliphatic rings. The molecule has 0 fully saturated rings. The molecular formula is C48H31NO2Si. The van der Waals surface area contributed by atoms with Crippen molar-refractivity contribution in [2.75, 3.05) is 4.90 Å². The number of hydrogen-bond acceptors (Lipinski definition) is 3. The number of benzene rings is 8. The molecule has 0 radical (unpaired) electrons. The molecule has 3 heterocycles. The van der Waals surface area contributed by atoms with Gasteiger partial charge in [-0.1, -0.05) is 127 Å². The molecule has 0 spiro atoms. The Morgan fingerprint density at radius 1 is 0.327 bits per heavy atom. The van der Waals surface area contributed by atoms with Crippen molar-refractivity contribution in [3.05, 3.63) is 188 Å². The predicted octanol–water partition coefficient (Wildman–Crippen LogP) is 10.3. The Balaban J connectivity index is 1.19. The van der Waals surface area contributed by atoms with E-state index in [-0.39, 0.29) is 0 Å². The van der Waals surface area contributed by atoms with E-state index in [2.05, 4.69) is 169 Å². The molecule has 1 aliphatic heterocycles. The minimum atomic E-state index is -2.70. The largest absolute Gasteiger partial charge is 0.456 e. The van der Waals surface area contributed by atoms with E-state index < -0.39 is 8.07 Å². The lowest BCUT2D eigenvalue weighted by Gasteiger charge is -2.32. The number of fused-ring (bicyclic) bond motifs is 9. The fourth-order valence-electron chi connectivity index (χ4n) is 8.73. The second-order valence-corrected chi connectivity index (χ2v) is 17.4. The molecule has 0 bridgehead atoms. The van der Waals surface area contributed by atoms with Crippen molar-refractivity contribution >= 4 is 89.8 Å². The number of nitrogens with zero attached hydrogens (tertiary/aromatic N) is 1. The molecule has 0 saturated heterocycles. The lowest BCUT2D eigenvalue weighted by atomic mass is 10.0. The Kier molecular flexibility index (Phi) is 6.27. The van der Waals surface area contributed by atoms with Crippen molar-refractivity contribution in [2.45, 2.75) is 0 Å². The van der Waals surface area contributed by atoms with Crippen LogP contribution in [0.15, 0.2) is 197 Å². The van der Waals surface area contributed by atoms with E-state index >= 15 is 0 Å². The van der Waals surface area contributed by atoms with Crippen LogP contribution in [0.4, 0.5) is 17.1 Å². The van der Waals surface area contributed by atoms with Gasteiger partial charge in [0.25, 0.3) is 0 Å². The summed E-state index contributed by atoms with van der Waals surface area (Å²) in [6.07, 6.45) is 0. The minimum Gasteiger partial charge on any atom is -0.456 e. The molecule has 8 aromatic carbocycles. The summed E-state index contributed by atoms with van der Waals surface area (Å²) in [5.41, 5.74) is 9.25. The average molecular weight is 682 g/mol. The maximum atomic E-state index is 6.45. The van der Waals surface area contributed by atoms with Crippen LogP contribution in [0.5, 0.6) is 0 Å². The third kappa shape index (κ3) is 4.13. The number of anilines is 3. The van der Waals surface area contributed by atoms with Crippen LogP contribution in [-0.4, -0.2) is 8.07 Å². The van der Waals surface area contributed by atoms with Crippen molar-refractivity contribution in [2.24, 2.45) is 0 Å². The highest BCUT2D eigenvalue weighted by atomic mass is 28.3. The first-order valence-electron chi connectivity index (χ1n) is 17.8. The summed E-state index contributed by atoms with van der Waals surface area (Å²) in [6.45, 7) is 0. The monoisotopic (exact) mass is 681 g/mol. The van der Waals surface area contributed by atoms with Crippen LogP contribution in [0.25, 0.3) is 55.0 Å². The van der Waals surface area contributed by atoms with Crippen LogP contribution in [0.1, 0.15) is 0 Å². The number of para-hydroxylation sites is 2. The van der Waals surface area contributed by atoms with Crippen LogP contribution in [0, 0.1) is 0 Å². The highest BCUT2D eigenvalue weighted by Gasteiger charge is 2.48. The molecule has 244 valence electrons. The van der Waals surface area contributed by atoms with Gasteiger partial charge < -0.3 is 13.7 Å². The van der Waals surface area contributed by atoms with Crippen LogP contribution in [0.2, 0.25) is 0 Å². The lowest BCUT2D eigenvalue weighted by Crippen LogP contribution is -2.72. The van der Waals surface area contributed by atoms with E-state index in [1.54, 1.807) is 0 Å². The van der Waals surface area contributed by atoms with Crippen LogP contribution in [0.3, 0.4) is 0 Å². The zero-order valence-electron chi connectivity index (χ0n) is 28.2. The molecule has 0 unspecified atom stereocenters. The number of hydrogen-bond donors (Lipinski definition) is 0. The van der Waals surface area contributed by atoms with Crippen LogP contribution >= 0.6 is 0 Å². The fourth-order valence-corrected chi connectivity index (χ4v) is 13.9. The molecule has 11 rings (SSSR count). The predicted molar refractivity (Wildman–Crippen MR) is 218 cm³/mol. The highest BCUT2D eigenvalue weighted by molar-refractivity contribution is 7.22. The summed E-state index contributed by atoms with van der Waals surface area (Å²) in [6, 6.07) is 68.2. The maximum absolute atomic E-state index is 6.45. The summed E-state index contributed by atoms with van der Waals surface area (Å²) in [5.74, 6) is 0. The first-order chi connectivity index (χ1) is 25.8. The van der Waals surface area contributed by atoms with E-state index in [1.807, 2.05) is 24.3 Å². The molecule has 4 heteroatoms. The Morgan fingerprint density at radius 3 is 1.37 bits per heavy atom. The van der Waals surface area contributed by atoms with Gasteiger partial charge >= 0.3 is 0 Å². The zero-order valence-corrected chi connectivity index (χ0v) is 29.2. The van der Waals surface area contributed by atoms with Gasteiger partial charge in [0.15, 0.2) is 8.07 Å². The van der Waals surface area contributed by atoms with Gasteiger partial charge in [0.1, 0.15) is 22.3 Å². The molecular weight excluding hydrogens is 651 g/mol. The smallest absolute Gasteiger partial charge is 0.180 e. The molecule has 0 aliphatic carbocycles. The molecule has 2 aromatic heterocycles. The third-order valence-corrected chi connectivity index (χ3v) is 15.8. The topological polar surface area (TPSA) is 29.5 Å². The quantitative estimate of drug-likeness (QED) is 0.169. The van der Waals surface area contributed by atoms with Gasteiger partial charge in [0.2, 0.25) is 0 Å². The van der Waals surface area contributed by atoms with Crippen molar-refractivity contribution in [1.29, 1.82) is 0 Å². The zero-order chi connectivity index (χ0) is 34.2. The van der Waals surface area contributed by atoms with Crippen LogP contribution < -0.4 is 25.6 Å². The molecule has 0 amide bonds. The van der Waals surface area contributed by atoms with Crippen molar-refractivity contribution in [3.63, 3.8) is 0 Å². The lowest BCUT2D eigenvalue weighted by molar-refractivity contribution is 0.669. The molecule has 10 aromatic rings. The summed E-state index contributed by atoms with van der Waals surface area (Å²) in [7, 11) is -2.70. The third-order valence-electron chi connectivity index (χ3n) is 10.9. The van der Waals surface area contributed by atoms with Gasteiger partial charge in [0.05, 0.1) is 0 Å². The van der Waals surface area contributed by atoms with E-state index in [4.69, 9.17) is 8.83 Å². The van der Waals surface area contributed by atoms with Gasteiger partial charge in [-0.15, -0.1) is 0 Å². The number of rotatable bonds is 5. The summed E-state index contributed by atoms with van der Waals surface area (Å²) < 4.78 is 12.9. The molecule has 0 saturated carbocycles. The molecule has 52 heavy (non-hydrogen) atoms. The van der Waals surface area contributed by atoms with Gasteiger partial charge in [-0.3, -0.25) is 0 Å².